The van der Waals surface area contributed by atoms with Gasteiger partial charge in [0.1, 0.15) is 10.7 Å². The number of anilines is 1. The van der Waals surface area contributed by atoms with Crippen molar-refractivity contribution in [3.05, 3.63) is 44.9 Å². The van der Waals surface area contributed by atoms with E-state index in [-0.39, 0.29) is 17.3 Å². The van der Waals surface area contributed by atoms with Crippen molar-refractivity contribution in [2.45, 2.75) is 38.0 Å². The molecular weight excluding hydrogens is 453 g/mol. The van der Waals surface area contributed by atoms with E-state index in [1.54, 1.807) is 6.92 Å². The number of nitrogens with zero attached hydrogens (tertiary/aromatic N) is 2. The number of H-pyrrole nitrogens is 1. The summed E-state index contributed by atoms with van der Waals surface area (Å²) < 4.78 is 41.0. The highest BCUT2D eigenvalue weighted by Gasteiger charge is 2.28. The van der Waals surface area contributed by atoms with E-state index in [4.69, 9.17) is 0 Å². The smallest absolute Gasteiger partial charge is 0.422 e. The molecule has 31 heavy (non-hydrogen) atoms. The van der Waals surface area contributed by atoms with Crippen LogP contribution in [0.25, 0.3) is 10.2 Å². The van der Waals surface area contributed by atoms with Crippen molar-refractivity contribution in [3.8, 4) is 5.88 Å². The number of rotatable bonds is 7. The zero-order chi connectivity index (χ0) is 22.8. The fourth-order valence-electron chi connectivity index (χ4n) is 2.59. The number of pyridine rings is 1. The molecule has 0 aliphatic rings. The van der Waals surface area contributed by atoms with Gasteiger partial charge in [-0.05, 0) is 32.4 Å². The van der Waals surface area contributed by atoms with E-state index in [2.05, 4.69) is 25.0 Å². The Balaban J connectivity index is 1.56. The molecule has 3 rings (SSSR count). The Morgan fingerprint density at radius 1 is 1.35 bits per heavy atom. The van der Waals surface area contributed by atoms with E-state index >= 15 is 0 Å². The number of aromatic amines is 1. The predicted molar refractivity (Wildman–Crippen MR) is 115 cm³/mol. The van der Waals surface area contributed by atoms with Crippen LogP contribution < -0.4 is 15.6 Å². The highest BCUT2D eigenvalue weighted by Crippen LogP contribution is 2.27. The van der Waals surface area contributed by atoms with Crippen molar-refractivity contribution in [2.75, 3.05) is 11.9 Å². The Morgan fingerprint density at radius 2 is 2.10 bits per heavy atom. The standard InChI is InChI=1S/C19H19F3N4O3S2/c1-9-10(2)31-18-15(9)17(28)25-13(26-18)7-30-11(3)16(27)24-12-4-5-14(23-6-12)29-8-19(20,21)22/h4-6,11H,7-8H2,1-3H3,(H,24,27)(H,25,26,28). The minimum atomic E-state index is -4.45. The maximum absolute atomic E-state index is 12.4. The monoisotopic (exact) mass is 472 g/mol. The molecule has 3 aromatic rings. The van der Waals surface area contributed by atoms with Gasteiger partial charge in [-0.25, -0.2) is 9.97 Å². The van der Waals surface area contributed by atoms with Gasteiger partial charge >= 0.3 is 6.18 Å². The lowest BCUT2D eigenvalue weighted by Gasteiger charge is -2.12. The lowest BCUT2D eigenvalue weighted by molar-refractivity contribution is -0.154. The number of carbonyl (C=O) groups excluding carboxylic acids is 1. The molecule has 1 unspecified atom stereocenters. The molecule has 0 radical (unpaired) electrons. The van der Waals surface area contributed by atoms with E-state index in [0.29, 0.717) is 27.5 Å². The van der Waals surface area contributed by atoms with Crippen LogP contribution in [0, 0.1) is 13.8 Å². The molecule has 1 atom stereocenters. The number of amides is 1. The lowest BCUT2D eigenvalue weighted by Crippen LogP contribution is -2.23. The predicted octanol–water partition coefficient (Wildman–Crippen LogP) is 4.20. The summed E-state index contributed by atoms with van der Waals surface area (Å²) in [6.45, 7) is 4.08. The summed E-state index contributed by atoms with van der Waals surface area (Å²) in [5.74, 6) is 0.304. The Labute approximate surface area is 183 Å². The van der Waals surface area contributed by atoms with Gasteiger partial charge in [0.25, 0.3) is 5.56 Å². The topological polar surface area (TPSA) is 97.0 Å². The van der Waals surface area contributed by atoms with Gasteiger partial charge in [0, 0.05) is 10.9 Å². The quantitative estimate of drug-likeness (QED) is 0.535. The number of fused-ring (bicyclic) bond motifs is 1. The first-order chi connectivity index (χ1) is 14.5. The van der Waals surface area contributed by atoms with Crippen LogP contribution in [-0.2, 0) is 10.5 Å². The lowest BCUT2D eigenvalue weighted by atomic mass is 10.2. The molecule has 1 amide bonds. The number of hydrogen-bond acceptors (Lipinski definition) is 7. The van der Waals surface area contributed by atoms with Crippen LogP contribution in [0.1, 0.15) is 23.2 Å². The molecular formula is C19H19F3N4O3S2. The number of alkyl halides is 3. The largest absolute Gasteiger partial charge is 0.468 e. The number of halogens is 3. The Kier molecular flexibility index (Phi) is 6.90. The molecule has 0 aliphatic carbocycles. The number of hydrogen-bond donors (Lipinski definition) is 2. The number of aryl methyl sites for hydroxylation is 2. The Hall–Kier alpha value is -2.60. The van der Waals surface area contributed by atoms with Gasteiger partial charge < -0.3 is 15.0 Å². The van der Waals surface area contributed by atoms with Crippen LogP contribution >= 0.6 is 23.1 Å². The molecule has 12 heteroatoms. The number of aromatic nitrogens is 3. The normalized spacial score (nSPS) is 12.7. The molecule has 166 valence electrons. The van der Waals surface area contributed by atoms with E-state index in [1.165, 1.54) is 41.4 Å². The number of carbonyl (C=O) groups is 1. The van der Waals surface area contributed by atoms with Gasteiger partial charge in [-0.3, -0.25) is 9.59 Å². The maximum Gasteiger partial charge on any atom is 0.422 e. The average Bonchev–Trinajstić information content (AvgIpc) is 2.99. The summed E-state index contributed by atoms with van der Waals surface area (Å²) in [7, 11) is 0. The highest BCUT2D eigenvalue weighted by atomic mass is 32.2. The van der Waals surface area contributed by atoms with Gasteiger partial charge in [0.05, 0.1) is 28.3 Å². The third kappa shape index (κ3) is 5.97. The Morgan fingerprint density at radius 3 is 2.74 bits per heavy atom. The van der Waals surface area contributed by atoms with Crippen LogP contribution in [0.3, 0.4) is 0 Å². The van der Waals surface area contributed by atoms with E-state index in [1.807, 2.05) is 13.8 Å². The molecule has 0 fully saturated rings. The third-order valence-corrected chi connectivity index (χ3v) is 6.57. The van der Waals surface area contributed by atoms with Gasteiger partial charge in [-0.2, -0.15) is 13.2 Å². The van der Waals surface area contributed by atoms with Crippen molar-refractivity contribution in [3.63, 3.8) is 0 Å². The first-order valence-corrected chi connectivity index (χ1v) is 11.0. The molecule has 0 aliphatic heterocycles. The van der Waals surface area contributed by atoms with Crippen molar-refractivity contribution in [1.82, 2.24) is 15.0 Å². The SMILES string of the molecule is Cc1sc2nc(CSC(C)C(=O)Nc3ccc(OCC(F)(F)F)nc3)[nH]c(=O)c2c1C. The number of ether oxygens (including phenoxy) is 1. The average molecular weight is 473 g/mol. The molecule has 0 saturated heterocycles. The summed E-state index contributed by atoms with van der Waals surface area (Å²) in [4.78, 5) is 37.4. The zero-order valence-electron chi connectivity index (χ0n) is 16.8. The highest BCUT2D eigenvalue weighted by molar-refractivity contribution is 7.99. The fraction of sp³-hybridized carbons (Fsp3) is 0.368. The van der Waals surface area contributed by atoms with Crippen LogP contribution in [0.15, 0.2) is 23.1 Å². The molecule has 3 aromatic heterocycles. The molecule has 0 bridgehead atoms. The minimum Gasteiger partial charge on any atom is -0.468 e. The zero-order valence-corrected chi connectivity index (χ0v) is 18.4. The van der Waals surface area contributed by atoms with Crippen molar-refractivity contribution in [2.24, 2.45) is 0 Å². The summed E-state index contributed by atoms with van der Waals surface area (Å²) in [5, 5.41) is 2.76. The Bertz CT molecular complexity index is 1140. The van der Waals surface area contributed by atoms with Crippen LogP contribution in [0.2, 0.25) is 0 Å². The molecule has 0 saturated carbocycles. The van der Waals surface area contributed by atoms with Crippen molar-refractivity contribution in [1.29, 1.82) is 0 Å². The van der Waals surface area contributed by atoms with E-state index < -0.39 is 18.0 Å². The molecule has 0 aromatic carbocycles. The van der Waals surface area contributed by atoms with E-state index in [0.717, 1.165) is 10.4 Å². The summed E-state index contributed by atoms with van der Waals surface area (Å²) in [6, 6.07) is 2.65. The second-order valence-electron chi connectivity index (χ2n) is 6.71. The third-order valence-electron chi connectivity index (χ3n) is 4.31. The van der Waals surface area contributed by atoms with Gasteiger partial charge in [-0.15, -0.1) is 23.1 Å². The van der Waals surface area contributed by atoms with Crippen molar-refractivity contribution >= 4 is 44.9 Å². The van der Waals surface area contributed by atoms with Crippen molar-refractivity contribution < 1.29 is 22.7 Å². The van der Waals surface area contributed by atoms with Gasteiger partial charge in [0.2, 0.25) is 11.8 Å². The van der Waals surface area contributed by atoms with E-state index in [9.17, 15) is 22.8 Å². The fourth-order valence-corrected chi connectivity index (χ4v) is 4.39. The second-order valence-corrected chi connectivity index (χ2v) is 9.24. The van der Waals surface area contributed by atoms with Gasteiger partial charge in [-0.1, -0.05) is 0 Å². The molecule has 0 spiro atoms. The summed E-state index contributed by atoms with van der Waals surface area (Å²) >= 11 is 2.75. The number of nitrogens with one attached hydrogen (secondary N) is 2. The molecule has 7 nitrogen and oxygen atoms in total. The van der Waals surface area contributed by atoms with Crippen LogP contribution in [-0.4, -0.2) is 38.9 Å². The summed E-state index contributed by atoms with van der Waals surface area (Å²) in [6.07, 6.45) is -3.23. The number of thioether (sulfide) groups is 1. The van der Waals surface area contributed by atoms with Gasteiger partial charge in [0.15, 0.2) is 6.61 Å². The number of thiophene rings is 1. The second kappa shape index (κ2) is 9.27. The molecule has 2 N–H and O–H groups in total. The first-order valence-electron chi connectivity index (χ1n) is 9.10. The first kappa shape index (κ1) is 23.1. The van der Waals surface area contributed by atoms with Crippen LogP contribution in [0.4, 0.5) is 18.9 Å². The molecule has 3 heterocycles. The van der Waals surface area contributed by atoms with Crippen LogP contribution in [0.5, 0.6) is 5.88 Å². The summed E-state index contributed by atoms with van der Waals surface area (Å²) in [5.41, 5.74) is 1.05. The minimum absolute atomic E-state index is 0.192. The maximum atomic E-state index is 12.4.